The molecule has 2 unspecified atom stereocenters. The van der Waals surface area contributed by atoms with Crippen molar-refractivity contribution in [1.82, 2.24) is 9.78 Å². The van der Waals surface area contributed by atoms with E-state index in [1.165, 1.54) is 5.56 Å². The highest BCUT2D eigenvalue weighted by Crippen LogP contribution is 2.39. The highest BCUT2D eigenvalue weighted by molar-refractivity contribution is 7.91. The van der Waals surface area contributed by atoms with E-state index in [0.717, 1.165) is 42.0 Å². The van der Waals surface area contributed by atoms with E-state index < -0.39 is 9.84 Å². The maximum absolute atomic E-state index is 12.0. The molecule has 1 saturated heterocycles. The summed E-state index contributed by atoms with van der Waals surface area (Å²) in [6.45, 7) is 0. The molecule has 4 rings (SSSR count). The molecule has 7 heteroatoms. The minimum atomic E-state index is -2.98. The molecule has 2 atom stereocenters. The van der Waals surface area contributed by atoms with E-state index in [1.807, 2.05) is 28.9 Å². The Bertz CT molecular complexity index is 1000. The van der Waals surface area contributed by atoms with E-state index in [9.17, 15) is 13.7 Å². The zero-order valence-corrected chi connectivity index (χ0v) is 16.9. The fourth-order valence-electron chi connectivity index (χ4n) is 4.57. The lowest BCUT2D eigenvalue weighted by atomic mass is 9.82. The summed E-state index contributed by atoms with van der Waals surface area (Å²) in [4.78, 5) is 0. The van der Waals surface area contributed by atoms with E-state index in [0.29, 0.717) is 19.3 Å². The Labute approximate surface area is 166 Å². The van der Waals surface area contributed by atoms with Gasteiger partial charge in [-0.1, -0.05) is 12.1 Å². The van der Waals surface area contributed by atoms with Crippen molar-refractivity contribution in [1.29, 1.82) is 5.26 Å². The van der Waals surface area contributed by atoms with Crippen LogP contribution < -0.4 is 4.74 Å². The molecular formula is C21H25N3O3S. The Morgan fingerprint density at radius 1 is 1.29 bits per heavy atom. The number of benzene rings is 1. The van der Waals surface area contributed by atoms with Crippen molar-refractivity contribution >= 4 is 9.84 Å². The molecule has 0 radical (unpaired) electrons. The molecule has 148 valence electrons. The van der Waals surface area contributed by atoms with Gasteiger partial charge in [0.05, 0.1) is 36.4 Å². The van der Waals surface area contributed by atoms with Crippen LogP contribution in [-0.2, 0) is 22.7 Å². The molecule has 1 aliphatic carbocycles. The van der Waals surface area contributed by atoms with Crippen LogP contribution in [0.4, 0.5) is 0 Å². The predicted octanol–water partition coefficient (Wildman–Crippen LogP) is 3.18. The first-order chi connectivity index (χ1) is 13.5. The van der Waals surface area contributed by atoms with Crippen LogP contribution in [0.3, 0.4) is 0 Å². The lowest BCUT2D eigenvalue weighted by Crippen LogP contribution is -2.18. The standard InChI is InChI=1S/C21H25N3O3S/c1-27-18-7-5-15(6-8-18)13-19-21-16(9-11-22)3-2-4-20(21)24(23-19)17-10-12-28(25,26)14-17/h5-8,16-17H,2-4,9-10,12-14H2,1H3. The Morgan fingerprint density at radius 3 is 2.71 bits per heavy atom. The third-order valence-corrected chi connectivity index (χ3v) is 7.67. The molecule has 0 spiro atoms. The molecule has 0 amide bonds. The van der Waals surface area contributed by atoms with Crippen molar-refractivity contribution in [3.63, 3.8) is 0 Å². The van der Waals surface area contributed by atoms with Gasteiger partial charge in [-0.25, -0.2) is 8.42 Å². The number of fused-ring (bicyclic) bond motifs is 1. The molecule has 0 bridgehead atoms. The molecule has 1 aromatic carbocycles. The predicted molar refractivity (Wildman–Crippen MR) is 106 cm³/mol. The number of hydrogen-bond acceptors (Lipinski definition) is 5. The third kappa shape index (κ3) is 3.66. The molecule has 1 aliphatic heterocycles. The number of aromatic nitrogens is 2. The van der Waals surface area contributed by atoms with Crippen LogP contribution in [0, 0.1) is 11.3 Å². The van der Waals surface area contributed by atoms with Gasteiger partial charge in [0.25, 0.3) is 0 Å². The Hall–Kier alpha value is -2.33. The number of ether oxygens (including phenoxy) is 1. The zero-order valence-electron chi connectivity index (χ0n) is 16.1. The first-order valence-electron chi connectivity index (χ1n) is 9.81. The Balaban J connectivity index is 1.73. The van der Waals surface area contributed by atoms with Gasteiger partial charge >= 0.3 is 0 Å². The third-order valence-electron chi connectivity index (χ3n) is 5.92. The maximum atomic E-state index is 12.0. The first-order valence-corrected chi connectivity index (χ1v) is 11.6. The maximum Gasteiger partial charge on any atom is 0.152 e. The summed E-state index contributed by atoms with van der Waals surface area (Å²) in [5.74, 6) is 1.41. The van der Waals surface area contributed by atoms with Crippen LogP contribution >= 0.6 is 0 Å². The number of hydrogen-bond donors (Lipinski definition) is 0. The summed E-state index contributed by atoms with van der Waals surface area (Å²) >= 11 is 0. The number of rotatable bonds is 5. The van der Waals surface area contributed by atoms with E-state index >= 15 is 0 Å². The molecule has 0 saturated carbocycles. The van der Waals surface area contributed by atoms with Gasteiger partial charge in [0.15, 0.2) is 9.84 Å². The molecule has 2 heterocycles. The van der Waals surface area contributed by atoms with Crippen molar-refractivity contribution in [2.24, 2.45) is 0 Å². The highest BCUT2D eigenvalue weighted by atomic mass is 32.2. The number of sulfone groups is 1. The molecule has 1 aromatic heterocycles. The van der Waals surface area contributed by atoms with E-state index in [-0.39, 0.29) is 23.5 Å². The number of methoxy groups -OCH3 is 1. The smallest absolute Gasteiger partial charge is 0.152 e. The van der Waals surface area contributed by atoms with Crippen molar-refractivity contribution < 1.29 is 13.2 Å². The average Bonchev–Trinajstić information content (AvgIpc) is 3.23. The highest BCUT2D eigenvalue weighted by Gasteiger charge is 2.35. The lowest BCUT2D eigenvalue weighted by Gasteiger charge is -2.23. The minimum Gasteiger partial charge on any atom is -0.497 e. The van der Waals surface area contributed by atoms with Crippen molar-refractivity contribution in [2.75, 3.05) is 18.6 Å². The SMILES string of the molecule is COc1ccc(Cc2nn(C3CCS(=O)(=O)C3)c3c2C(CC#N)CCC3)cc1. The number of nitrogens with zero attached hydrogens (tertiary/aromatic N) is 3. The number of nitriles is 1. The Morgan fingerprint density at radius 2 is 2.07 bits per heavy atom. The van der Waals surface area contributed by atoms with Gasteiger partial charge in [0, 0.05) is 30.0 Å². The normalized spacial score (nSPS) is 23.1. The van der Waals surface area contributed by atoms with Crippen molar-refractivity contribution in [2.45, 2.75) is 50.5 Å². The Kier molecular flexibility index (Phi) is 5.15. The zero-order chi connectivity index (χ0) is 19.7. The summed E-state index contributed by atoms with van der Waals surface area (Å²) in [6, 6.07) is 10.2. The topological polar surface area (TPSA) is 85.0 Å². The monoisotopic (exact) mass is 399 g/mol. The van der Waals surface area contributed by atoms with Gasteiger partial charge in [-0.05, 0) is 43.4 Å². The van der Waals surface area contributed by atoms with Crippen LogP contribution in [0.1, 0.15) is 60.2 Å². The van der Waals surface area contributed by atoms with Gasteiger partial charge in [0.2, 0.25) is 0 Å². The van der Waals surface area contributed by atoms with Crippen molar-refractivity contribution in [3.8, 4) is 11.8 Å². The van der Waals surface area contributed by atoms with Gasteiger partial charge in [0.1, 0.15) is 5.75 Å². The molecule has 2 aromatic rings. The van der Waals surface area contributed by atoms with Crippen LogP contribution in [0.5, 0.6) is 5.75 Å². The van der Waals surface area contributed by atoms with Gasteiger partial charge in [-0.3, -0.25) is 4.68 Å². The van der Waals surface area contributed by atoms with E-state index in [2.05, 4.69) is 6.07 Å². The van der Waals surface area contributed by atoms with Gasteiger partial charge < -0.3 is 4.74 Å². The second-order valence-electron chi connectivity index (χ2n) is 7.78. The summed E-state index contributed by atoms with van der Waals surface area (Å²) in [5, 5.41) is 14.2. The second-order valence-corrected chi connectivity index (χ2v) is 10.0. The first kappa shape index (κ1) is 19.0. The molecule has 6 nitrogen and oxygen atoms in total. The molecular weight excluding hydrogens is 374 g/mol. The summed E-state index contributed by atoms with van der Waals surface area (Å²) < 4.78 is 31.2. The van der Waals surface area contributed by atoms with Gasteiger partial charge in [-0.2, -0.15) is 10.4 Å². The van der Waals surface area contributed by atoms with E-state index in [1.54, 1.807) is 7.11 Å². The molecule has 28 heavy (non-hydrogen) atoms. The summed E-state index contributed by atoms with van der Waals surface area (Å²) in [5.41, 5.74) is 4.46. The summed E-state index contributed by atoms with van der Waals surface area (Å²) in [6.07, 6.45) is 4.71. The van der Waals surface area contributed by atoms with Crippen LogP contribution in [-0.4, -0.2) is 36.8 Å². The van der Waals surface area contributed by atoms with Crippen LogP contribution in [0.25, 0.3) is 0 Å². The lowest BCUT2D eigenvalue weighted by molar-refractivity contribution is 0.414. The quantitative estimate of drug-likeness (QED) is 0.771. The summed E-state index contributed by atoms with van der Waals surface area (Å²) in [7, 11) is -1.33. The molecule has 0 N–H and O–H groups in total. The van der Waals surface area contributed by atoms with Crippen LogP contribution in [0.2, 0.25) is 0 Å². The van der Waals surface area contributed by atoms with Gasteiger partial charge in [-0.15, -0.1) is 0 Å². The molecule has 2 aliphatic rings. The fourth-order valence-corrected chi connectivity index (χ4v) is 6.26. The average molecular weight is 400 g/mol. The second kappa shape index (κ2) is 7.59. The van der Waals surface area contributed by atoms with Crippen LogP contribution in [0.15, 0.2) is 24.3 Å². The molecule has 1 fully saturated rings. The van der Waals surface area contributed by atoms with Crippen molar-refractivity contribution in [3.05, 3.63) is 46.8 Å². The fraction of sp³-hybridized carbons (Fsp3) is 0.524. The minimum absolute atomic E-state index is 0.0794. The van der Waals surface area contributed by atoms with E-state index in [4.69, 9.17) is 9.84 Å². The largest absolute Gasteiger partial charge is 0.497 e.